The van der Waals surface area contributed by atoms with Crippen molar-refractivity contribution in [1.82, 2.24) is 5.16 Å². The van der Waals surface area contributed by atoms with Crippen LogP contribution in [0.1, 0.15) is 16.1 Å². The first kappa shape index (κ1) is 12.9. The minimum Gasteiger partial charge on any atom is -0.508 e. The first-order valence-electron chi connectivity index (χ1n) is 4.89. The summed E-state index contributed by atoms with van der Waals surface area (Å²) in [7, 11) is 0. The summed E-state index contributed by atoms with van der Waals surface area (Å²) in [4.78, 5) is 10.6. The molecule has 0 radical (unpaired) electrons. The molecule has 0 fully saturated rings. The summed E-state index contributed by atoms with van der Waals surface area (Å²) in [5.41, 5.74) is -2.04. The Kier molecular flexibility index (Phi) is 2.93. The Balaban J connectivity index is 2.58. The van der Waals surface area contributed by atoms with Gasteiger partial charge in [0.05, 0.1) is 5.56 Å². The topological polar surface area (TPSA) is 83.6 Å². The summed E-state index contributed by atoms with van der Waals surface area (Å²) in [6.45, 7) is 0. The van der Waals surface area contributed by atoms with Gasteiger partial charge < -0.3 is 14.7 Å². The maximum atomic E-state index is 12.8. The van der Waals surface area contributed by atoms with Crippen LogP contribution in [0, 0.1) is 0 Å². The van der Waals surface area contributed by atoms with Gasteiger partial charge in [-0.25, -0.2) is 4.79 Å². The number of aromatic hydroxyl groups is 1. The predicted octanol–water partition coefficient (Wildman–Crippen LogP) is 2.76. The van der Waals surface area contributed by atoms with Gasteiger partial charge in [-0.3, -0.25) is 0 Å². The second-order valence-corrected chi connectivity index (χ2v) is 3.61. The van der Waals surface area contributed by atoms with E-state index < -0.39 is 34.7 Å². The highest BCUT2D eigenvalue weighted by molar-refractivity contribution is 5.86. The molecule has 5 nitrogen and oxygen atoms in total. The molecule has 0 aliphatic rings. The summed E-state index contributed by atoms with van der Waals surface area (Å²) in [5.74, 6) is -2.32. The van der Waals surface area contributed by atoms with E-state index in [0.29, 0.717) is 6.07 Å². The van der Waals surface area contributed by atoms with Crippen molar-refractivity contribution in [3.05, 3.63) is 35.5 Å². The van der Waals surface area contributed by atoms with Crippen molar-refractivity contribution in [3.63, 3.8) is 0 Å². The number of phenolic OH excluding ortho intramolecular Hbond substituents is 1. The lowest BCUT2D eigenvalue weighted by Gasteiger charge is -2.10. The van der Waals surface area contributed by atoms with Crippen LogP contribution >= 0.6 is 0 Å². The predicted molar refractivity (Wildman–Crippen MR) is 55.6 cm³/mol. The van der Waals surface area contributed by atoms with Gasteiger partial charge in [0.25, 0.3) is 0 Å². The van der Waals surface area contributed by atoms with Crippen LogP contribution in [0.4, 0.5) is 13.2 Å². The molecular weight excluding hydrogens is 267 g/mol. The molecule has 1 aromatic heterocycles. The molecule has 2 rings (SSSR count). The van der Waals surface area contributed by atoms with E-state index in [9.17, 15) is 18.0 Å². The standard InChI is InChI=1S/C11H6F3NO4/c12-11(13,14)7-3-5(16)1-2-6(7)9-4-8(10(17)18)15-19-9/h1-4,16H,(H,17,18). The van der Waals surface area contributed by atoms with E-state index in [4.69, 9.17) is 10.2 Å². The third kappa shape index (κ3) is 2.51. The molecule has 0 aliphatic heterocycles. The number of rotatable bonds is 2. The minimum atomic E-state index is -4.72. The minimum absolute atomic E-state index is 0.343. The van der Waals surface area contributed by atoms with Crippen LogP contribution < -0.4 is 0 Å². The summed E-state index contributed by atoms with van der Waals surface area (Å²) in [5, 5.41) is 20.9. The Morgan fingerprint density at radius 3 is 2.47 bits per heavy atom. The number of phenols is 1. The van der Waals surface area contributed by atoms with Crippen LogP contribution in [-0.2, 0) is 6.18 Å². The molecule has 0 spiro atoms. The fourth-order valence-corrected chi connectivity index (χ4v) is 1.48. The highest BCUT2D eigenvalue weighted by Crippen LogP contribution is 2.39. The number of carboxylic acid groups (broad SMARTS) is 1. The van der Waals surface area contributed by atoms with Gasteiger partial charge in [0.2, 0.25) is 0 Å². The van der Waals surface area contributed by atoms with Crippen molar-refractivity contribution in [3.8, 4) is 17.1 Å². The van der Waals surface area contributed by atoms with E-state index in [2.05, 4.69) is 9.68 Å². The van der Waals surface area contributed by atoms with Gasteiger partial charge in [-0.2, -0.15) is 13.2 Å². The molecule has 2 N–H and O–H groups in total. The number of alkyl halides is 3. The molecule has 0 saturated heterocycles. The summed E-state index contributed by atoms with van der Waals surface area (Å²) < 4.78 is 42.9. The number of carbonyl (C=O) groups is 1. The molecule has 0 atom stereocenters. The maximum absolute atomic E-state index is 12.8. The summed E-state index contributed by atoms with van der Waals surface area (Å²) in [6.07, 6.45) is -4.72. The molecule has 2 aromatic rings. The van der Waals surface area contributed by atoms with Gasteiger partial charge >= 0.3 is 12.1 Å². The lowest BCUT2D eigenvalue weighted by Crippen LogP contribution is -2.06. The third-order valence-corrected chi connectivity index (χ3v) is 2.30. The first-order valence-corrected chi connectivity index (χ1v) is 4.89. The number of hydrogen-bond acceptors (Lipinski definition) is 4. The van der Waals surface area contributed by atoms with Gasteiger partial charge in [-0.1, -0.05) is 5.16 Å². The van der Waals surface area contributed by atoms with Crippen molar-refractivity contribution < 1.29 is 32.7 Å². The molecule has 1 aromatic carbocycles. The van der Waals surface area contributed by atoms with Crippen molar-refractivity contribution >= 4 is 5.97 Å². The number of halogens is 3. The van der Waals surface area contributed by atoms with Crippen LogP contribution in [0.15, 0.2) is 28.8 Å². The zero-order chi connectivity index (χ0) is 14.2. The van der Waals surface area contributed by atoms with E-state index >= 15 is 0 Å². The van der Waals surface area contributed by atoms with Gasteiger partial charge in [-0.05, 0) is 18.2 Å². The highest BCUT2D eigenvalue weighted by atomic mass is 19.4. The fourth-order valence-electron chi connectivity index (χ4n) is 1.48. The van der Waals surface area contributed by atoms with E-state index in [1.54, 1.807) is 0 Å². The zero-order valence-corrected chi connectivity index (χ0v) is 9.10. The molecular formula is C11H6F3NO4. The van der Waals surface area contributed by atoms with Crippen LogP contribution in [0.25, 0.3) is 11.3 Å². The van der Waals surface area contributed by atoms with Gasteiger partial charge in [0, 0.05) is 11.6 Å². The molecule has 0 saturated carbocycles. The van der Waals surface area contributed by atoms with E-state index in [-0.39, 0.29) is 5.76 Å². The van der Waals surface area contributed by atoms with Crippen LogP contribution in [-0.4, -0.2) is 21.3 Å². The van der Waals surface area contributed by atoms with Gasteiger partial charge in [0.1, 0.15) is 5.75 Å². The average molecular weight is 273 g/mol. The van der Waals surface area contributed by atoms with E-state index in [0.717, 1.165) is 18.2 Å². The smallest absolute Gasteiger partial charge is 0.417 e. The van der Waals surface area contributed by atoms with Crippen LogP contribution in [0.5, 0.6) is 5.75 Å². The Bertz CT molecular complexity index is 633. The number of aromatic carboxylic acids is 1. The van der Waals surface area contributed by atoms with Crippen molar-refractivity contribution in [2.75, 3.05) is 0 Å². The SMILES string of the molecule is O=C(O)c1cc(-c2ccc(O)cc2C(F)(F)F)on1. The molecule has 0 unspecified atom stereocenters. The summed E-state index contributed by atoms with van der Waals surface area (Å²) in [6, 6.07) is 3.42. The molecule has 0 aliphatic carbocycles. The number of aromatic nitrogens is 1. The van der Waals surface area contributed by atoms with Crippen molar-refractivity contribution in [2.45, 2.75) is 6.18 Å². The normalized spacial score (nSPS) is 11.5. The molecule has 0 bridgehead atoms. The largest absolute Gasteiger partial charge is 0.508 e. The monoisotopic (exact) mass is 273 g/mol. The van der Waals surface area contributed by atoms with E-state index in [1.807, 2.05) is 0 Å². The highest BCUT2D eigenvalue weighted by Gasteiger charge is 2.35. The van der Waals surface area contributed by atoms with Crippen molar-refractivity contribution in [1.29, 1.82) is 0 Å². The Morgan fingerprint density at radius 2 is 1.95 bits per heavy atom. The third-order valence-electron chi connectivity index (χ3n) is 2.30. The Labute approximate surface area is 103 Å². The average Bonchev–Trinajstić information content (AvgIpc) is 2.77. The van der Waals surface area contributed by atoms with Gasteiger partial charge in [0.15, 0.2) is 11.5 Å². The first-order chi connectivity index (χ1) is 8.79. The molecule has 8 heteroatoms. The second-order valence-electron chi connectivity index (χ2n) is 3.61. The van der Waals surface area contributed by atoms with Crippen molar-refractivity contribution in [2.24, 2.45) is 0 Å². The molecule has 19 heavy (non-hydrogen) atoms. The van der Waals surface area contributed by atoms with E-state index in [1.165, 1.54) is 0 Å². The quantitative estimate of drug-likeness (QED) is 0.878. The van der Waals surface area contributed by atoms with Gasteiger partial charge in [-0.15, -0.1) is 0 Å². The van der Waals surface area contributed by atoms with Crippen LogP contribution in [0.2, 0.25) is 0 Å². The number of benzene rings is 1. The summed E-state index contributed by atoms with van der Waals surface area (Å²) >= 11 is 0. The lowest BCUT2D eigenvalue weighted by molar-refractivity contribution is -0.137. The lowest BCUT2D eigenvalue weighted by atomic mass is 10.0. The Hall–Kier alpha value is -2.51. The maximum Gasteiger partial charge on any atom is 0.417 e. The number of nitrogens with zero attached hydrogens (tertiary/aromatic N) is 1. The Morgan fingerprint density at radius 1 is 1.26 bits per heavy atom. The molecule has 1 heterocycles. The second kappa shape index (κ2) is 4.30. The number of carboxylic acids is 1. The molecule has 100 valence electrons. The molecule has 0 amide bonds. The number of hydrogen-bond donors (Lipinski definition) is 2. The fraction of sp³-hybridized carbons (Fsp3) is 0.0909. The zero-order valence-electron chi connectivity index (χ0n) is 9.10. The van der Waals surface area contributed by atoms with Crippen LogP contribution in [0.3, 0.4) is 0 Å².